The smallest absolute Gasteiger partial charge is 0.188 e. The molecule has 0 aliphatic rings. The van der Waals surface area contributed by atoms with Gasteiger partial charge in [-0.1, -0.05) is 25.5 Å². The zero-order chi connectivity index (χ0) is 13.0. The van der Waals surface area contributed by atoms with Gasteiger partial charge in [-0.25, -0.2) is 4.39 Å². The molecule has 0 radical (unpaired) electrons. The first-order valence-electron chi connectivity index (χ1n) is 6.00. The molecule has 1 aromatic carbocycles. The van der Waals surface area contributed by atoms with E-state index in [9.17, 15) is 9.18 Å². The predicted molar refractivity (Wildman–Crippen MR) is 68.9 cm³/mol. The van der Waals surface area contributed by atoms with Gasteiger partial charge in [0, 0.05) is 0 Å². The zero-order valence-electron chi connectivity index (χ0n) is 10.9. The molecule has 0 spiro atoms. The van der Waals surface area contributed by atoms with Crippen LogP contribution in [0.15, 0.2) is 23.8 Å². The number of rotatable bonds is 4. The number of ketones is 1. The van der Waals surface area contributed by atoms with Crippen LogP contribution in [0.1, 0.15) is 48.2 Å². The Hall–Kier alpha value is -1.44. The highest BCUT2D eigenvalue weighted by Crippen LogP contribution is 2.18. The maximum atomic E-state index is 13.8. The van der Waals surface area contributed by atoms with Crippen LogP contribution in [-0.2, 0) is 0 Å². The Balaban J connectivity index is 3.17. The molecule has 0 aromatic heterocycles. The number of allylic oxidation sites excluding steroid dienone is 2. The molecule has 0 heterocycles. The second-order valence-corrected chi connectivity index (χ2v) is 4.31. The molecule has 0 saturated heterocycles. The van der Waals surface area contributed by atoms with Crippen molar-refractivity contribution in [1.82, 2.24) is 0 Å². The summed E-state index contributed by atoms with van der Waals surface area (Å²) in [6, 6.07) is 3.24. The van der Waals surface area contributed by atoms with Crippen molar-refractivity contribution >= 4 is 5.78 Å². The highest BCUT2D eigenvalue weighted by molar-refractivity contribution is 6.06. The van der Waals surface area contributed by atoms with Crippen molar-refractivity contribution in [3.63, 3.8) is 0 Å². The zero-order valence-corrected chi connectivity index (χ0v) is 10.9. The standard InChI is InChI=1S/C15H19FO/c1-5-12(6-2)9-14(17)15-11(4)7-10(3)8-13(15)16/h7-9H,5-6H2,1-4H3. The third-order valence-corrected chi connectivity index (χ3v) is 2.92. The van der Waals surface area contributed by atoms with Gasteiger partial charge >= 0.3 is 0 Å². The first kappa shape index (κ1) is 13.6. The number of carbonyl (C=O) groups excluding carboxylic acids is 1. The van der Waals surface area contributed by atoms with Crippen LogP contribution < -0.4 is 0 Å². The molecule has 2 heteroatoms. The number of hydrogen-bond donors (Lipinski definition) is 0. The Labute approximate surface area is 102 Å². The summed E-state index contributed by atoms with van der Waals surface area (Å²) in [5.74, 6) is -0.644. The number of benzene rings is 1. The Morgan fingerprint density at radius 3 is 2.29 bits per heavy atom. The molecule has 17 heavy (non-hydrogen) atoms. The molecule has 0 N–H and O–H groups in total. The van der Waals surface area contributed by atoms with Gasteiger partial charge in [0.1, 0.15) is 5.82 Å². The summed E-state index contributed by atoms with van der Waals surface area (Å²) in [6.45, 7) is 7.60. The van der Waals surface area contributed by atoms with E-state index in [1.165, 1.54) is 6.07 Å². The minimum Gasteiger partial charge on any atom is -0.289 e. The maximum absolute atomic E-state index is 13.8. The van der Waals surface area contributed by atoms with Gasteiger partial charge in [0.15, 0.2) is 5.78 Å². The fourth-order valence-electron chi connectivity index (χ4n) is 1.94. The molecule has 0 aliphatic carbocycles. The number of aryl methyl sites for hydroxylation is 2. The largest absolute Gasteiger partial charge is 0.289 e. The average Bonchev–Trinajstić information content (AvgIpc) is 2.24. The SMILES string of the molecule is CCC(=CC(=O)c1c(C)cc(C)cc1F)CC. The van der Waals surface area contributed by atoms with E-state index >= 15 is 0 Å². The molecule has 1 aromatic rings. The fraction of sp³-hybridized carbons (Fsp3) is 0.400. The van der Waals surface area contributed by atoms with Gasteiger partial charge < -0.3 is 0 Å². The highest BCUT2D eigenvalue weighted by atomic mass is 19.1. The predicted octanol–water partition coefficient (Wildman–Crippen LogP) is 4.37. The average molecular weight is 234 g/mol. The lowest BCUT2D eigenvalue weighted by molar-refractivity contribution is 0.104. The second kappa shape index (κ2) is 5.76. The normalized spacial score (nSPS) is 10.2. The summed E-state index contributed by atoms with van der Waals surface area (Å²) in [6.07, 6.45) is 3.23. The van der Waals surface area contributed by atoms with Crippen LogP contribution in [0.4, 0.5) is 4.39 Å². The molecular formula is C15H19FO. The van der Waals surface area contributed by atoms with Gasteiger partial charge in [-0.2, -0.15) is 0 Å². The van der Waals surface area contributed by atoms with E-state index in [2.05, 4.69) is 0 Å². The lowest BCUT2D eigenvalue weighted by Gasteiger charge is -2.06. The van der Waals surface area contributed by atoms with Crippen molar-refractivity contribution in [3.05, 3.63) is 46.3 Å². The van der Waals surface area contributed by atoms with Crippen molar-refractivity contribution in [2.75, 3.05) is 0 Å². The Morgan fingerprint density at radius 1 is 1.24 bits per heavy atom. The van der Waals surface area contributed by atoms with Crippen LogP contribution in [0.25, 0.3) is 0 Å². The van der Waals surface area contributed by atoms with Crippen LogP contribution in [0.3, 0.4) is 0 Å². The topological polar surface area (TPSA) is 17.1 Å². The monoisotopic (exact) mass is 234 g/mol. The van der Waals surface area contributed by atoms with Gasteiger partial charge in [-0.05, 0) is 50.0 Å². The summed E-state index contributed by atoms with van der Waals surface area (Å²) in [7, 11) is 0. The van der Waals surface area contributed by atoms with E-state index in [1.807, 2.05) is 26.8 Å². The van der Waals surface area contributed by atoms with Gasteiger partial charge in [0.2, 0.25) is 0 Å². The van der Waals surface area contributed by atoms with E-state index in [0.717, 1.165) is 24.0 Å². The molecule has 0 fully saturated rings. The van der Waals surface area contributed by atoms with Crippen molar-refractivity contribution in [3.8, 4) is 0 Å². The van der Waals surface area contributed by atoms with E-state index in [-0.39, 0.29) is 11.3 Å². The molecule has 1 rings (SSSR count). The summed E-state index contributed by atoms with van der Waals surface area (Å²) < 4.78 is 13.8. The molecule has 0 atom stereocenters. The second-order valence-electron chi connectivity index (χ2n) is 4.31. The minimum atomic E-state index is -0.421. The molecule has 0 unspecified atom stereocenters. The van der Waals surface area contributed by atoms with E-state index in [0.29, 0.717) is 5.56 Å². The number of hydrogen-bond acceptors (Lipinski definition) is 1. The fourth-order valence-corrected chi connectivity index (χ4v) is 1.94. The van der Waals surface area contributed by atoms with Crippen molar-refractivity contribution in [2.45, 2.75) is 40.5 Å². The summed E-state index contributed by atoms with van der Waals surface area (Å²) in [5.41, 5.74) is 2.80. The van der Waals surface area contributed by atoms with Crippen LogP contribution in [0.5, 0.6) is 0 Å². The summed E-state index contributed by atoms with van der Waals surface area (Å²) >= 11 is 0. The highest BCUT2D eigenvalue weighted by Gasteiger charge is 2.13. The number of carbonyl (C=O) groups is 1. The van der Waals surface area contributed by atoms with Crippen LogP contribution in [0.2, 0.25) is 0 Å². The van der Waals surface area contributed by atoms with E-state index < -0.39 is 5.82 Å². The summed E-state index contributed by atoms with van der Waals surface area (Å²) in [4.78, 5) is 12.0. The molecule has 0 amide bonds. The third-order valence-electron chi connectivity index (χ3n) is 2.92. The van der Waals surface area contributed by atoms with Crippen molar-refractivity contribution < 1.29 is 9.18 Å². The molecule has 1 nitrogen and oxygen atoms in total. The molecule has 0 aliphatic heterocycles. The Morgan fingerprint density at radius 2 is 1.82 bits per heavy atom. The first-order chi connectivity index (χ1) is 7.99. The van der Waals surface area contributed by atoms with Crippen LogP contribution in [0, 0.1) is 19.7 Å². The molecular weight excluding hydrogens is 215 g/mol. The first-order valence-corrected chi connectivity index (χ1v) is 6.00. The van der Waals surface area contributed by atoms with Crippen LogP contribution >= 0.6 is 0 Å². The molecule has 0 saturated carbocycles. The maximum Gasteiger partial charge on any atom is 0.188 e. The quantitative estimate of drug-likeness (QED) is 0.558. The van der Waals surface area contributed by atoms with Crippen molar-refractivity contribution in [2.24, 2.45) is 0 Å². The van der Waals surface area contributed by atoms with Gasteiger partial charge in [0.25, 0.3) is 0 Å². The van der Waals surface area contributed by atoms with E-state index in [4.69, 9.17) is 0 Å². The Kier molecular flexibility index (Phi) is 4.62. The summed E-state index contributed by atoms with van der Waals surface area (Å²) in [5, 5.41) is 0. The van der Waals surface area contributed by atoms with Crippen molar-refractivity contribution in [1.29, 1.82) is 0 Å². The lowest BCUT2D eigenvalue weighted by Crippen LogP contribution is -2.04. The Bertz CT molecular complexity index is 429. The minimum absolute atomic E-state index is 0.204. The molecule has 92 valence electrons. The van der Waals surface area contributed by atoms with Gasteiger partial charge in [-0.15, -0.1) is 0 Å². The third kappa shape index (κ3) is 3.26. The van der Waals surface area contributed by atoms with Gasteiger partial charge in [-0.3, -0.25) is 4.79 Å². The van der Waals surface area contributed by atoms with Crippen LogP contribution in [-0.4, -0.2) is 5.78 Å². The van der Waals surface area contributed by atoms with E-state index in [1.54, 1.807) is 13.0 Å². The van der Waals surface area contributed by atoms with Gasteiger partial charge in [0.05, 0.1) is 5.56 Å². The lowest BCUT2D eigenvalue weighted by atomic mass is 9.99. The number of halogens is 1. The molecule has 0 bridgehead atoms.